The summed E-state index contributed by atoms with van der Waals surface area (Å²) in [6.07, 6.45) is 0.529. The van der Waals surface area contributed by atoms with Crippen LogP contribution in [0.1, 0.15) is 5.69 Å². The van der Waals surface area contributed by atoms with Crippen LogP contribution in [0.15, 0.2) is 36.4 Å². The maximum Gasteiger partial charge on any atom is 0.232 e. The van der Waals surface area contributed by atoms with E-state index in [2.05, 4.69) is 15.3 Å². The molecule has 0 saturated heterocycles. The molecule has 1 heterocycles. The first-order chi connectivity index (χ1) is 8.28. The minimum atomic E-state index is 0.228. The predicted octanol–water partition coefficient (Wildman–Crippen LogP) is 2.15. The largest absolute Gasteiger partial charge is 0.439 e. The molecule has 5 heteroatoms. The van der Waals surface area contributed by atoms with Gasteiger partial charge in [-0.05, 0) is 19.1 Å². The predicted molar refractivity (Wildman–Crippen MR) is 63.0 cm³/mol. The van der Waals surface area contributed by atoms with Crippen LogP contribution in [0.25, 0.3) is 0 Å². The Labute approximate surface area is 98.5 Å². The molecule has 0 saturated carbocycles. The van der Waals surface area contributed by atoms with Crippen LogP contribution in [0, 0.1) is 6.92 Å². The molecule has 1 N–H and O–H groups in total. The van der Waals surface area contributed by atoms with Crippen molar-refractivity contribution in [3.63, 3.8) is 0 Å². The van der Waals surface area contributed by atoms with Crippen LogP contribution in [0.2, 0.25) is 0 Å². The molecule has 0 aliphatic rings. The van der Waals surface area contributed by atoms with E-state index >= 15 is 0 Å². The molecule has 86 valence electrons. The third-order valence-electron chi connectivity index (χ3n) is 1.98. The van der Waals surface area contributed by atoms with Gasteiger partial charge in [-0.2, -0.15) is 4.98 Å². The number of aryl methyl sites for hydroxylation is 1. The Kier molecular flexibility index (Phi) is 3.30. The van der Waals surface area contributed by atoms with E-state index < -0.39 is 0 Å². The number of ether oxygens (including phenoxy) is 1. The van der Waals surface area contributed by atoms with E-state index in [0.29, 0.717) is 18.0 Å². The van der Waals surface area contributed by atoms with Crippen molar-refractivity contribution in [2.75, 3.05) is 5.32 Å². The van der Waals surface area contributed by atoms with E-state index in [1.54, 1.807) is 13.0 Å². The zero-order chi connectivity index (χ0) is 12.1. The van der Waals surface area contributed by atoms with Gasteiger partial charge in [-0.3, -0.25) is 10.1 Å². The van der Waals surface area contributed by atoms with Crippen molar-refractivity contribution in [3.8, 4) is 11.6 Å². The molecule has 0 aliphatic carbocycles. The maximum atomic E-state index is 10.3. The third kappa shape index (κ3) is 3.01. The molecule has 0 spiro atoms. The molecule has 0 fully saturated rings. The second-order valence-electron chi connectivity index (χ2n) is 3.35. The van der Waals surface area contributed by atoms with Gasteiger partial charge < -0.3 is 4.74 Å². The van der Waals surface area contributed by atoms with Crippen molar-refractivity contribution in [2.45, 2.75) is 6.92 Å². The molecule has 1 aromatic heterocycles. The summed E-state index contributed by atoms with van der Waals surface area (Å²) in [6.45, 7) is 1.80. The molecule has 2 rings (SSSR count). The first-order valence-electron chi connectivity index (χ1n) is 5.07. The molecule has 17 heavy (non-hydrogen) atoms. The van der Waals surface area contributed by atoms with Crippen LogP contribution in [-0.4, -0.2) is 16.4 Å². The molecule has 5 nitrogen and oxygen atoms in total. The minimum Gasteiger partial charge on any atom is -0.439 e. The number of carbonyl (C=O) groups excluding carboxylic acids is 1. The molecule has 0 bridgehead atoms. The number of nitrogens with one attached hydrogen (secondary N) is 1. The highest BCUT2D eigenvalue weighted by Crippen LogP contribution is 2.20. The van der Waals surface area contributed by atoms with Gasteiger partial charge in [0, 0.05) is 11.8 Å². The molecular formula is C12H11N3O2. The number of nitrogens with zero attached hydrogens (tertiary/aromatic N) is 2. The highest BCUT2D eigenvalue weighted by Gasteiger charge is 2.03. The van der Waals surface area contributed by atoms with E-state index in [1.165, 1.54) is 0 Å². The monoisotopic (exact) mass is 229 g/mol. The Bertz CT molecular complexity index is 514. The summed E-state index contributed by atoms with van der Waals surface area (Å²) in [4.78, 5) is 18.4. The van der Waals surface area contributed by atoms with Crippen molar-refractivity contribution < 1.29 is 9.53 Å². The van der Waals surface area contributed by atoms with Gasteiger partial charge in [0.2, 0.25) is 18.2 Å². The number of anilines is 1. The van der Waals surface area contributed by atoms with E-state index in [4.69, 9.17) is 4.74 Å². The molecule has 0 radical (unpaired) electrons. The first kappa shape index (κ1) is 11.1. The van der Waals surface area contributed by atoms with E-state index in [1.807, 2.05) is 30.3 Å². The Hall–Kier alpha value is -2.43. The minimum absolute atomic E-state index is 0.228. The smallest absolute Gasteiger partial charge is 0.232 e. The average molecular weight is 229 g/mol. The fourth-order valence-corrected chi connectivity index (χ4v) is 1.32. The van der Waals surface area contributed by atoms with Crippen molar-refractivity contribution in [2.24, 2.45) is 0 Å². The molecule has 0 unspecified atom stereocenters. The summed E-state index contributed by atoms with van der Waals surface area (Å²) in [6, 6.07) is 11.0. The molecule has 0 atom stereocenters. The summed E-state index contributed by atoms with van der Waals surface area (Å²) in [7, 11) is 0. The molecule has 0 aliphatic heterocycles. The lowest BCUT2D eigenvalue weighted by molar-refractivity contribution is -0.105. The number of rotatable bonds is 4. The molecule has 1 aromatic carbocycles. The Morgan fingerprint density at radius 2 is 2.00 bits per heavy atom. The van der Waals surface area contributed by atoms with Gasteiger partial charge in [-0.15, -0.1) is 0 Å². The lowest BCUT2D eigenvalue weighted by Gasteiger charge is -2.06. The first-order valence-corrected chi connectivity index (χ1v) is 5.07. The average Bonchev–Trinajstić information content (AvgIpc) is 2.30. The number of para-hydroxylation sites is 1. The maximum absolute atomic E-state index is 10.3. The van der Waals surface area contributed by atoms with Crippen LogP contribution in [0.5, 0.6) is 11.6 Å². The summed E-state index contributed by atoms with van der Waals surface area (Å²) in [5.41, 5.74) is 0.718. The van der Waals surface area contributed by atoms with Gasteiger partial charge in [0.25, 0.3) is 0 Å². The SMILES string of the molecule is Cc1cc(Oc2ccccc2)nc(NC=O)n1. The van der Waals surface area contributed by atoms with Gasteiger partial charge >= 0.3 is 0 Å². The number of carbonyl (C=O) groups is 1. The second-order valence-corrected chi connectivity index (χ2v) is 3.35. The molecule has 1 amide bonds. The van der Waals surface area contributed by atoms with Crippen LogP contribution >= 0.6 is 0 Å². The van der Waals surface area contributed by atoms with Crippen molar-refractivity contribution in [1.29, 1.82) is 0 Å². The molecular weight excluding hydrogens is 218 g/mol. The van der Waals surface area contributed by atoms with Gasteiger partial charge in [-0.25, -0.2) is 4.98 Å². The van der Waals surface area contributed by atoms with Gasteiger partial charge in [-0.1, -0.05) is 18.2 Å². The normalized spacial score (nSPS) is 9.71. The van der Waals surface area contributed by atoms with Gasteiger partial charge in [0.05, 0.1) is 0 Å². The van der Waals surface area contributed by atoms with Crippen molar-refractivity contribution in [1.82, 2.24) is 9.97 Å². The quantitative estimate of drug-likeness (QED) is 0.816. The number of hydrogen-bond donors (Lipinski definition) is 1. The fraction of sp³-hybridized carbons (Fsp3) is 0.0833. The molecule has 2 aromatic rings. The lowest BCUT2D eigenvalue weighted by Crippen LogP contribution is -2.02. The zero-order valence-corrected chi connectivity index (χ0v) is 9.25. The number of amides is 1. The summed E-state index contributed by atoms with van der Waals surface area (Å²) in [5.74, 6) is 1.31. The summed E-state index contributed by atoms with van der Waals surface area (Å²) < 4.78 is 5.54. The van der Waals surface area contributed by atoms with E-state index in [9.17, 15) is 4.79 Å². The van der Waals surface area contributed by atoms with Crippen LogP contribution < -0.4 is 10.1 Å². The zero-order valence-electron chi connectivity index (χ0n) is 9.25. The van der Waals surface area contributed by atoms with Crippen molar-refractivity contribution >= 4 is 12.4 Å². The number of aromatic nitrogens is 2. The topological polar surface area (TPSA) is 64.1 Å². The van der Waals surface area contributed by atoms with Crippen molar-refractivity contribution in [3.05, 3.63) is 42.1 Å². The third-order valence-corrected chi connectivity index (χ3v) is 1.98. The Balaban J connectivity index is 2.23. The second kappa shape index (κ2) is 5.07. The summed E-state index contributed by atoms with van der Waals surface area (Å²) in [5, 5.41) is 2.39. The van der Waals surface area contributed by atoms with E-state index in [-0.39, 0.29) is 5.95 Å². The highest BCUT2D eigenvalue weighted by atomic mass is 16.5. The van der Waals surface area contributed by atoms with Crippen LogP contribution in [0.4, 0.5) is 5.95 Å². The standard InChI is InChI=1S/C12H11N3O2/c1-9-7-11(15-12(14-9)13-8-16)17-10-5-3-2-4-6-10/h2-8H,1H3,(H,13,14,15,16). The van der Waals surface area contributed by atoms with Crippen LogP contribution in [0.3, 0.4) is 0 Å². The van der Waals surface area contributed by atoms with Crippen LogP contribution in [-0.2, 0) is 4.79 Å². The Morgan fingerprint density at radius 3 is 2.71 bits per heavy atom. The van der Waals surface area contributed by atoms with Gasteiger partial charge in [0.15, 0.2) is 0 Å². The number of benzene rings is 1. The highest BCUT2D eigenvalue weighted by molar-refractivity contribution is 5.66. The number of hydrogen-bond acceptors (Lipinski definition) is 4. The Morgan fingerprint density at radius 1 is 1.24 bits per heavy atom. The fourth-order valence-electron chi connectivity index (χ4n) is 1.32. The van der Waals surface area contributed by atoms with E-state index in [0.717, 1.165) is 5.69 Å². The summed E-state index contributed by atoms with van der Waals surface area (Å²) >= 11 is 0. The van der Waals surface area contributed by atoms with Gasteiger partial charge in [0.1, 0.15) is 5.75 Å². The lowest BCUT2D eigenvalue weighted by atomic mass is 10.3.